The van der Waals surface area contributed by atoms with E-state index in [1.807, 2.05) is 43.5 Å². The molecule has 0 saturated heterocycles. The number of halogens is 1. The van der Waals surface area contributed by atoms with Crippen LogP contribution in [0.5, 0.6) is 0 Å². The van der Waals surface area contributed by atoms with Gasteiger partial charge in [0, 0.05) is 58.1 Å². The number of aliphatic imine (C=N–C) groups is 1. The first-order valence-corrected chi connectivity index (χ1v) is 10.5. The van der Waals surface area contributed by atoms with Crippen molar-refractivity contribution in [2.75, 3.05) is 33.7 Å². The number of amides is 1. The molecule has 0 atom stereocenters. The van der Waals surface area contributed by atoms with Gasteiger partial charge in [0.2, 0.25) is 5.56 Å². The summed E-state index contributed by atoms with van der Waals surface area (Å²) in [5.74, 6) is 0.798. The van der Waals surface area contributed by atoms with Crippen molar-refractivity contribution in [1.82, 2.24) is 20.1 Å². The Morgan fingerprint density at radius 3 is 2.61 bits per heavy atom. The third-order valence-electron chi connectivity index (χ3n) is 4.61. The molecule has 1 aromatic carbocycles. The van der Waals surface area contributed by atoms with Crippen LogP contribution in [0.2, 0.25) is 0 Å². The Balaban J connectivity index is 0.00000480. The van der Waals surface area contributed by atoms with Crippen LogP contribution in [0.15, 0.2) is 58.4 Å². The topological polar surface area (TPSA) is 78.7 Å². The molecule has 2 aromatic rings. The summed E-state index contributed by atoms with van der Waals surface area (Å²) in [7, 11) is 3.52. The summed E-state index contributed by atoms with van der Waals surface area (Å²) in [6.07, 6.45) is 4.43. The maximum atomic E-state index is 12.1. The second-order valence-electron chi connectivity index (χ2n) is 7.28. The number of hydrogen-bond donors (Lipinski definition) is 2. The van der Waals surface area contributed by atoms with Crippen molar-refractivity contribution in [1.29, 1.82) is 0 Å². The smallest absolute Gasteiger partial charge is 0.253 e. The van der Waals surface area contributed by atoms with E-state index >= 15 is 0 Å². The molecule has 170 valence electrons. The van der Waals surface area contributed by atoms with E-state index in [2.05, 4.69) is 15.6 Å². The molecule has 0 aliphatic heterocycles. The van der Waals surface area contributed by atoms with Crippen molar-refractivity contribution in [3.05, 3.63) is 70.1 Å². The number of benzene rings is 1. The number of aryl methyl sites for hydroxylation is 1. The second kappa shape index (κ2) is 14.6. The molecule has 0 unspecified atom stereocenters. The summed E-state index contributed by atoms with van der Waals surface area (Å²) in [6, 6.07) is 12.9. The zero-order valence-electron chi connectivity index (χ0n) is 18.6. The summed E-state index contributed by atoms with van der Waals surface area (Å²) in [4.78, 5) is 30.0. The fourth-order valence-corrected chi connectivity index (χ4v) is 3.02. The number of unbranched alkanes of at least 4 members (excludes halogenated alkanes) is 1. The Morgan fingerprint density at radius 2 is 1.90 bits per heavy atom. The van der Waals surface area contributed by atoms with Crippen molar-refractivity contribution in [2.24, 2.45) is 4.99 Å². The van der Waals surface area contributed by atoms with E-state index in [-0.39, 0.29) is 35.4 Å². The molecule has 2 rings (SSSR count). The average Bonchev–Trinajstić information content (AvgIpc) is 2.74. The van der Waals surface area contributed by atoms with E-state index in [0.717, 1.165) is 43.9 Å². The SMILES string of the molecule is CCNC(=NCCCCn1ccccc1=O)NCCc1cccc(C(=O)N(C)C)c1.I. The summed E-state index contributed by atoms with van der Waals surface area (Å²) in [5, 5.41) is 6.60. The van der Waals surface area contributed by atoms with Crippen LogP contribution in [0.3, 0.4) is 0 Å². The summed E-state index contributed by atoms with van der Waals surface area (Å²) < 4.78 is 1.72. The monoisotopic (exact) mass is 539 g/mol. The minimum Gasteiger partial charge on any atom is -0.357 e. The lowest BCUT2D eigenvalue weighted by Crippen LogP contribution is -2.38. The predicted molar refractivity (Wildman–Crippen MR) is 137 cm³/mol. The molecule has 31 heavy (non-hydrogen) atoms. The number of pyridine rings is 1. The van der Waals surface area contributed by atoms with Gasteiger partial charge in [-0.15, -0.1) is 24.0 Å². The molecule has 0 aliphatic rings. The molecule has 7 nitrogen and oxygen atoms in total. The van der Waals surface area contributed by atoms with Crippen LogP contribution in [-0.2, 0) is 13.0 Å². The van der Waals surface area contributed by atoms with E-state index in [0.29, 0.717) is 18.7 Å². The van der Waals surface area contributed by atoms with Gasteiger partial charge in [-0.05, 0) is 49.9 Å². The van der Waals surface area contributed by atoms with E-state index in [9.17, 15) is 9.59 Å². The number of rotatable bonds is 10. The first kappa shape index (κ1) is 26.7. The van der Waals surface area contributed by atoms with E-state index < -0.39 is 0 Å². The van der Waals surface area contributed by atoms with Gasteiger partial charge >= 0.3 is 0 Å². The van der Waals surface area contributed by atoms with Gasteiger partial charge in [0.1, 0.15) is 0 Å². The third-order valence-corrected chi connectivity index (χ3v) is 4.61. The predicted octanol–water partition coefficient (Wildman–Crippen LogP) is 2.75. The van der Waals surface area contributed by atoms with Crippen LogP contribution in [0, 0.1) is 0 Å². The number of nitrogens with one attached hydrogen (secondary N) is 2. The van der Waals surface area contributed by atoms with Crippen LogP contribution >= 0.6 is 24.0 Å². The molecule has 1 amide bonds. The Kier molecular flexibility index (Phi) is 12.6. The van der Waals surface area contributed by atoms with Gasteiger partial charge in [-0.2, -0.15) is 0 Å². The molecule has 1 aromatic heterocycles. The Bertz CT molecular complexity index is 895. The quantitative estimate of drug-likeness (QED) is 0.211. The van der Waals surface area contributed by atoms with E-state index in [1.165, 1.54) is 0 Å². The first-order chi connectivity index (χ1) is 14.5. The molecule has 0 bridgehead atoms. The zero-order chi connectivity index (χ0) is 21.8. The summed E-state index contributed by atoms with van der Waals surface area (Å²) >= 11 is 0. The van der Waals surface area contributed by atoms with Gasteiger partial charge in [-0.1, -0.05) is 18.2 Å². The number of carbonyl (C=O) groups is 1. The van der Waals surface area contributed by atoms with Crippen molar-refractivity contribution in [3.8, 4) is 0 Å². The zero-order valence-corrected chi connectivity index (χ0v) is 21.0. The fourth-order valence-electron chi connectivity index (χ4n) is 3.02. The van der Waals surface area contributed by atoms with Gasteiger partial charge in [0.05, 0.1) is 0 Å². The van der Waals surface area contributed by atoms with E-state index in [4.69, 9.17) is 0 Å². The lowest BCUT2D eigenvalue weighted by molar-refractivity contribution is 0.0827. The standard InChI is InChI=1S/C23H33N5O2.HI/c1-4-24-23(25-14-6-8-17-28-16-7-5-12-21(28)29)26-15-13-19-10-9-11-20(18-19)22(30)27(2)3;/h5,7,9-12,16,18H,4,6,8,13-15,17H2,1-3H3,(H2,24,25,26);1H. The molecule has 1 heterocycles. The first-order valence-electron chi connectivity index (χ1n) is 10.5. The van der Waals surface area contributed by atoms with Crippen molar-refractivity contribution in [3.63, 3.8) is 0 Å². The van der Waals surface area contributed by atoms with Crippen LogP contribution in [-0.4, -0.2) is 55.1 Å². The normalized spacial score (nSPS) is 10.9. The molecule has 8 heteroatoms. The number of aromatic nitrogens is 1. The Morgan fingerprint density at radius 1 is 1.10 bits per heavy atom. The van der Waals surface area contributed by atoms with Crippen LogP contribution in [0.25, 0.3) is 0 Å². The molecule has 0 aliphatic carbocycles. The molecular formula is C23H34IN5O2. The van der Waals surface area contributed by atoms with Gasteiger partial charge in [0.25, 0.3) is 5.91 Å². The van der Waals surface area contributed by atoms with Gasteiger partial charge < -0.3 is 20.1 Å². The molecule has 0 fully saturated rings. The number of nitrogens with zero attached hydrogens (tertiary/aromatic N) is 3. The minimum absolute atomic E-state index is 0. The molecule has 0 saturated carbocycles. The highest BCUT2D eigenvalue weighted by Gasteiger charge is 2.08. The maximum absolute atomic E-state index is 12.1. The molecule has 0 radical (unpaired) electrons. The van der Waals surface area contributed by atoms with Crippen LogP contribution in [0.1, 0.15) is 35.7 Å². The number of hydrogen-bond acceptors (Lipinski definition) is 3. The van der Waals surface area contributed by atoms with Crippen LogP contribution < -0.4 is 16.2 Å². The van der Waals surface area contributed by atoms with Gasteiger partial charge in [-0.3, -0.25) is 14.6 Å². The molecular weight excluding hydrogens is 505 g/mol. The third kappa shape index (κ3) is 9.54. The second-order valence-corrected chi connectivity index (χ2v) is 7.28. The highest BCUT2D eigenvalue weighted by atomic mass is 127. The molecule has 2 N–H and O–H groups in total. The van der Waals surface area contributed by atoms with Crippen molar-refractivity contribution < 1.29 is 4.79 Å². The van der Waals surface area contributed by atoms with Crippen LogP contribution in [0.4, 0.5) is 0 Å². The largest absolute Gasteiger partial charge is 0.357 e. The van der Waals surface area contributed by atoms with E-state index in [1.54, 1.807) is 35.7 Å². The Hall–Kier alpha value is -2.36. The fraction of sp³-hybridized carbons (Fsp3) is 0.435. The average molecular weight is 539 g/mol. The molecule has 0 spiro atoms. The van der Waals surface area contributed by atoms with Gasteiger partial charge in [0.15, 0.2) is 5.96 Å². The summed E-state index contributed by atoms with van der Waals surface area (Å²) in [6.45, 7) is 4.96. The highest BCUT2D eigenvalue weighted by molar-refractivity contribution is 14.0. The van der Waals surface area contributed by atoms with Crippen molar-refractivity contribution >= 4 is 35.8 Å². The maximum Gasteiger partial charge on any atom is 0.253 e. The lowest BCUT2D eigenvalue weighted by Gasteiger charge is -2.13. The number of carbonyl (C=O) groups excluding carboxylic acids is 1. The number of guanidine groups is 1. The van der Waals surface area contributed by atoms with Gasteiger partial charge in [-0.25, -0.2) is 0 Å². The summed E-state index contributed by atoms with van der Waals surface area (Å²) in [5.41, 5.74) is 1.85. The lowest BCUT2D eigenvalue weighted by atomic mass is 10.1. The van der Waals surface area contributed by atoms with Crippen molar-refractivity contribution in [2.45, 2.75) is 32.7 Å². The Labute approximate surface area is 202 Å². The highest BCUT2D eigenvalue weighted by Crippen LogP contribution is 2.07. The minimum atomic E-state index is 0.